The van der Waals surface area contributed by atoms with E-state index >= 15 is 0 Å². The van der Waals surface area contributed by atoms with E-state index in [1.165, 1.54) is 0 Å². The molecule has 0 radical (unpaired) electrons. The number of para-hydroxylation sites is 1. The molecule has 128 valence electrons. The van der Waals surface area contributed by atoms with Gasteiger partial charge in [0, 0.05) is 29.7 Å². The molecule has 3 aromatic rings. The number of carbonyl (C=O) groups excluding carboxylic acids is 1. The number of fused-ring (bicyclic) bond motifs is 1. The molecule has 0 saturated heterocycles. The Balaban J connectivity index is 1.82. The Morgan fingerprint density at radius 2 is 1.88 bits per heavy atom. The van der Waals surface area contributed by atoms with Gasteiger partial charge in [0.25, 0.3) is 0 Å². The first-order valence-corrected chi connectivity index (χ1v) is 8.66. The van der Waals surface area contributed by atoms with E-state index in [4.69, 9.17) is 11.6 Å². The molecule has 2 aromatic carbocycles. The lowest BCUT2D eigenvalue weighted by Crippen LogP contribution is -2.28. The minimum absolute atomic E-state index is 0.0725. The van der Waals surface area contributed by atoms with E-state index in [9.17, 15) is 4.79 Å². The molecule has 3 nitrogen and oxygen atoms in total. The second-order valence-electron chi connectivity index (χ2n) is 6.37. The fourth-order valence-corrected chi connectivity index (χ4v) is 3.33. The molecule has 4 heteroatoms. The van der Waals surface area contributed by atoms with Crippen molar-refractivity contribution in [2.75, 3.05) is 7.05 Å². The lowest BCUT2D eigenvalue weighted by atomic mass is 9.99. The molecule has 0 spiro atoms. The van der Waals surface area contributed by atoms with Crippen molar-refractivity contribution >= 4 is 28.4 Å². The van der Waals surface area contributed by atoms with Gasteiger partial charge in [-0.2, -0.15) is 0 Å². The number of amides is 1. The minimum atomic E-state index is 0.0725. The summed E-state index contributed by atoms with van der Waals surface area (Å²) >= 11 is 6.02. The molecule has 0 aliphatic heterocycles. The maximum Gasteiger partial charge on any atom is 0.227 e. The van der Waals surface area contributed by atoms with E-state index in [0.717, 1.165) is 33.3 Å². The molecule has 0 saturated carbocycles. The predicted octanol–water partition coefficient (Wildman–Crippen LogP) is 4.71. The van der Waals surface area contributed by atoms with Crippen LogP contribution in [-0.4, -0.2) is 22.8 Å². The van der Waals surface area contributed by atoms with Gasteiger partial charge in [-0.05, 0) is 48.7 Å². The lowest BCUT2D eigenvalue weighted by Gasteiger charge is -2.19. The Morgan fingerprint density at radius 1 is 1.12 bits per heavy atom. The van der Waals surface area contributed by atoms with E-state index in [1.807, 2.05) is 56.4 Å². The highest BCUT2D eigenvalue weighted by molar-refractivity contribution is 6.30. The molecule has 0 atom stereocenters. The summed E-state index contributed by atoms with van der Waals surface area (Å²) in [5.41, 5.74) is 5.06. The fraction of sp³-hybridized carbons (Fsp3) is 0.238. The second kappa shape index (κ2) is 7.24. The largest absolute Gasteiger partial charge is 0.341 e. The standard InChI is InChI=1S/C21H21ClN2O/c1-14-18-9-4-5-10-20(18)23-15(2)19(14)12-21(25)24(3)13-16-7-6-8-17(22)11-16/h4-11H,12-13H2,1-3H3. The van der Waals surface area contributed by atoms with Gasteiger partial charge >= 0.3 is 0 Å². The van der Waals surface area contributed by atoms with Crippen molar-refractivity contribution in [3.05, 3.63) is 75.9 Å². The van der Waals surface area contributed by atoms with E-state index in [2.05, 4.69) is 18.0 Å². The molecule has 0 fully saturated rings. The molecule has 0 aliphatic rings. The van der Waals surface area contributed by atoms with Crippen LogP contribution in [0.1, 0.15) is 22.4 Å². The molecule has 0 bridgehead atoms. The molecule has 1 aromatic heterocycles. The molecule has 1 heterocycles. The Kier molecular flexibility index (Phi) is 5.05. The van der Waals surface area contributed by atoms with Crippen LogP contribution in [0.25, 0.3) is 10.9 Å². The van der Waals surface area contributed by atoms with Crippen LogP contribution >= 0.6 is 11.6 Å². The highest BCUT2D eigenvalue weighted by Crippen LogP contribution is 2.23. The first kappa shape index (κ1) is 17.4. The number of nitrogens with zero attached hydrogens (tertiary/aromatic N) is 2. The Bertz CT molecular complexity index is 936. The van der Waals surface area contributed by atoms with Crippen molar-refractivity contribution in [3.8, 4) is 0 Å². The monoisotopic (exact) mass is 352 g/mol. The Labute approximate surface area is 153 Å². The van der Waals surface area contributed by atoms with Gasteiger partial charge in [0.05, 0.1) is 11.9 Å². The first-order valence-electron chi connectivity index (χ1n) is 8.29. The Morgan fingerprint density at radius 3 is 2.64 bits per heavy atom. The third-order valence-corrected chi connectivity index (χ3v) is 4.78. The number of benzene rings is 2. The number of pyridine rings is 1. The predicted molar refractivity (Wildman–Crippen MR) is 103 cm³/mol. The fourth-order valence-electron chi connectivity index (χ4n) is 3.11. The van der Waals surface area contributed by atoms with Crippen molar-refractivity contribution in [3.63, 3.8) is 0 Å². The maximum absolute atomic E-state index is 12.7. The first-order chi connectivity index (χ1) is 12.0. The number of aromatic nitrogens is 1. The summed E-state index contributed by atoms with van der Waals surface area (Å²) in [6, 6.07) is 15.6. The van der Waals surface area contributed by atoms with Gasteiger partial charge in [-0.25, -0.2) is 0 Å². The smallest absolute Gasteiger partial charge is 0.227 e. The van der Waals surface area contributed by atoms with Gasteiger partial charge in [-0.1, -0.05) is 41.9 Å². The van der Waals surface area contributed by atoms with Crippen LogP contribution in [-0.2, 0) is 17.8 Å². The number of hydrogen-bond acceptors (Lipinski definition) is 2. The highest BCUT2D eigenvalue weighted by atomic mass is 35.5. The van der Waals surface area contributed by atoms with Crippen molar-refractivity contribution in [1.29, 1.82) is 0 Å². The maximum atomic E-state index is 12.7. The molecule has 0 aliphatic carbocycles. The summed E-state index contributed by atoms with van der Waals surface area (Å²) < 4.78 is 0. The number of carbonyl (C=O) groups is 1. The number of hydrogen-bond donors (Lipinski definition) is 0. The zero-order valence-electron chi connectivity index (χ0n) is 14.7. The lowest BCUT2D eigenvalue weighted by molar-refractivity contribution is -0.129. The van der Waals surface area contributed by atoms with Gasteiger partial charge in [0.2, 0.25) is 5.91 Å². The van der Waals surface area contributed by atoms with Crippen LogP contribution < -0.4 is 0 Å². The molecular weight excluding hydrogens is 332 g/mol. The normalized spacial score (nSPS) is 10.9. The summed E-state index contributed by atoms with van der Waals surface area (Å²) in [5, 5.41) is 1.79. The van der Waals surface area contributed by atoms with E-state index in [1.54, 1.807) is 4.90 Å². The van der Waals surface area contributed by atoms with E-state index in [-0.39, 0.29) is 5.91 Å². The third kappa shape index (κ3) is 3.83. The third-order valence-electron chi connectivity index (χ3n) is 4.55. The molecule has 0 N–H and O–H groups in total. The van der Waals surface area contributed by atoms with Gasteiger partial charge in [-0.3, -0.25) is 9.78 Å². The quantitative estimate of drug-likeness (QED) is 0.681. The highest BCUT2D eigenvalue weighted by Gasteiger charge is 2.16. The summed E-state index contributed by atoms with van der Waals surface area (Å²) in [6.45, 7) is 4.58. The average Bonchev–Trinajstić information content (AvgIpc) is 2.58. The summed E-state index contributed by atoms with van der Waals surface area (Å²) in [7, 11) is 1.82. The van der Waals surface area contributed by atoms with Gasteiger partial charge < -0.3 is 4.90 Å². The molecule has 1 amide bonds. The molecule has 3 rings (SSSR count). The average molecular weight is 353 g/mol. The molecule has 0 unspecified atom stereocenters. The molecular formula is C21H21ClN2O. The Hall–Kier alpha value is -2.39. The van der Waals surface area contributed by atoms with Gasteiger partial charge in [0.1, 0.15) is 0 Å². The number of rotatable bonds is 4. The minimum Gasteiger partial charge on any atom is -0.341 e. The van der Waals surface area contributed by atoms with Gasteiger partial charge in [-0.15, -0.1) is 0 Å². The zero-order chi connectivity index (χ0) is 18.0. The van der Waals surface area contributed by atoms with Crippen LogP contribution in [0.2, 0.25) is 5.02 Å². The number of aryl methyl sites for hydroxylation is 2. The van der Waals surface area contributed by atoms with Crippen molar-refractivity contribution in [2.45, 2.75) is 26.8 Å². The van der Waals surface area contributed by atoms with Crippen LogP contribution in [0, 0.1) is 13.8 Å². The van der Waals surface area contributed by atoms with Crippen molar-refractivity contribution in [1.82, 2.24) is 9.88 Å². The van der Waals surface area contributed by atoms with Crippen LogP contribution in [0.4, 0.5) is 0 Å². The van der Waals surface area contributed by atoms with Crippen LogP contribution in [0.15, 0.2) is 48.5 Å². The summed E-state index contributed by atoms with van der Waals surface area (Å²) in [5.74, 6) is 0.0725. The summed E-state index contributed by atoms with van der Waals surface area (Å²) in [4.78, 5) is 19.1. The zero-order valence-corrected chi connectivity index (χ0v) is 15.5. The van der Waals surface area contributed by atoms with Crippen molar-refractivity contribution in [2.24, 2.45) is 0 Å². The van der Waals surface area contributed by atoms with E-state index in [0.29, 0.717) is 18.0 Å². The van der Waals surface area contributed by atoms with Crippen LogP contribution in [0.3, 0.4) is 0 Å². The summed E-state index contributed by atoms with van der Waals surface area (Å²) in [6.07, 6.45) is 0.354. The number of likely N-dealkylation sites (N-methyl/N-ethyl adjacent to an activating group) is 1. The molecule has 25 heavy (non-hydrogen) atoms. The number of halogens is 1. The van der Waals surface area contributed by atoms with E-state index < -0.39 is 0 Å². The van der Waals surface area contributed by atoms with Crippen molar-refractivity contribution < 1.29 is 4.79 Å². The van der Waals surface area contributed by atoms with Gasteiger partial charge in [0.15, 0.2) is 0 Å². The SMILES string of the molecule is Cc1nc2ccccc2c(C)c1CC(=O)N(C)Cc1cccc(Cl)c1. The topological polar surface area (TPSA) is 33.2 Å². The second-order valence-corrected chi connectivity index (χ2v) is 6.81. The van der Waals surface area contributed by atoms with Crippen LogP contribution in [0.5, 0.6) is 0 Å².